The van der Waals surface area contributed by atoms with Crippen LogP contribution in [0.25, 0.3) is 0 Å². The Morgan fingerprint density at radius 3 is 2.59 bits per heavy atom. The molecule has 1 amide bonds. The molecule has 0 saturated carbocycles. The highest BCUT2D eigenvalue weighted by molar-refractivity contribution is 7.91. The van der Waals surface area contributed by atoms with Crippen LogP contribution in [0.4, 0.5) is 5.82 Å². The fourth-order valence-corrected chi connectivity index (χ4v) is 3.81. The molecule has 1 atom stereocenters. The molecular formula is C9H14N4O3S. The topological polar surface area (TPSA) is 121 Å². The maximum absolute atomic E-state index is 11.4. The van der Waals surface area contributed by atoms with E-state index in [1.165, 1.54) is 4.68 Å². The Labute approximate surface area is 98.7 Å². The van der Waals surface area contributed by atoms with Crippen molar-refractivity contribution in [2.24, 2.45) is 5.73 Å². The van der Waals surface area contributed by atoms with Gasteiger partial charge < -0.3 is 11.5 Å². The van der Waals surface area contributed by atoms with Crippen LogP contribution in [0.5, 0.6) is 0 Å². The quantitative estimate of drug-likeness (QED) is 0.721. The van der Waals surface area contributed by atoms with E-state index in [2.05, 4.69) is 5.10 Å². The first-order valence-corrected chi connectivity index (χ1v) is 6.99. The molecule has 2 rings (SSSR count). The molecule has 17 heavy (non-hydrogen) atoms. The Hall–Kier alpha value is -1.57. The number of nitrogen functional groups attached to an aromatic ring is 1. The summed E-state index contributed by atoms with van der Waals surface area (Å²) in [7, 11) is -3.02. The van der Waals surface area contributed by atoms with Gasteiger partial charge in [0.05, 0.1) is 23.2 Å². The van der Waals surface area contributed by atoms with Gasteiger partial charge in [0.1, 0.15) is 11.4 Å². The van der Waals surface area contributed by atoms with Gasteiger partial charge in [-0.25, -0.2) is 13.1 Å². The van der Waals surface area contributed by atoms with Gasteiger partial charge >= 0.3 is 0 Å². The van der Waals surface area contributed by atoms with E-state index in [1.54, 1.807) is 6.92 Å². The summed E-state index contributed by atoms with van der Waals surface area (Å²) in [6.07, 6.45) is 0.464. The van der Waals surface area contributed by atoms with Crippen LogP contribution < -0.4 is 11.5 Å². The van der Waals surface area contributed by atoms with Crippen molar-refractivity contribution in [3.8, 4) is 0 Å². The summed E-state index contributed by atoms with van der Waals surface area (Å²) in [4.78, 5) is 11.2. The number of carbonyl (C=O) groups excluding carboxylic acids is 1. The minimum absolute atomic E-state index is 0.0104. The van der Waals surface area contributed by atoms with Crippen LogP contribution >= 0.6 is 0 Å². The smallest absolute Gasteiger partial charge is 0.254 e. The predicted octanol–water partition coefficient (Wildman–Crippen LogP) is -0.768. The highest BCUT2D eigenvalue weighted by Gasteiger charge is 2.32. The monoisotopic (exact) mass is 258 g/mol. The predicted molar refractivity (Wildman–Crippen MR) is 62.2 cm³/mol. The average Bonchev–Trinajstić information content (AvgIpc) is 2.67. The summed E-state index contributed by atoms with van der Waals surface area (Å²) < 4.78 is 24.2. The number of aromatic nitrogens is 2. The molecule has 1 aliphatic heterocycles. The molecule has 1 fully saturated rings. The van der Waals surface area contributed by atoms with Gasteiger partial charge in [0.2, 0.25) is 0 Å². The zero-order valence-electron chi connectivity index (χ0n) is 9.38. The summed E-state index contributed by atoms with van der Waals surface area (Å²) in [6.45, 7) is 1.62. The number of hydrogen-bond donors (Lipinski definition) is 2. The molecule has 0 aliphatic carbocycles. The molecule has 2 heterocycles. The molecule has 1 saturated heterocycles. The first kappa shape index (κ1) is 11.9. The summed E-state index contributed by atoms with van der Waals surface area (Å²) in [5.41, 5.74) is 11.6. The SMILES string of the molecule is Cc1nn(C2CCS(=O)(=O)C2)c(N)c1C(N)=O. The molecule has 0 bridgehead atoms. The zero-order chi connectivity index (χ0) is 12.8. The van der Waals surface area contributed by atoms with Gasteiger partial charge in [-0.3, -0.25) is 4.79 Å². The number of hydrogen-bond acceptors (Lipinski definition) is 5. The fraction of sp³-hybridized carbons (Fsp3) is 0.556. The van der Waals surface area contributed by atoms with Crippen LogP contribution in [0.15, 0.2) is 0 Å². The Kier molecular flexibility index (Phi) is 2.61. The van der Waals surface area contributed by atoms with Crippen molar-refractivity contribution in [1.82, 2.24) is 9.78 Å². The van der Waals surface area contributed by atoms with E-state index in [-0.39, 0.29) is 28.9 Å². The van der Waals surface area contributed by atoms with Crippen molar-refractivity contribution in [3.63, 3.8) is 0 Å². The van der Waals surface area contributed by atoms with Crippen molar-refractivity contribution in [3.05, 3.63) is 11.3 Å². The molecule has 94 valence electrons. The number of primary amides is 1. The van der Waals surface area contributed by atoms with Crippen LogP contribution in [0.3, 0.4) is 0 Å². The standard InChI is InChI=1S/C9H14N4O3S/c1-5-7(9(11)14)8(10)13(12-5)6-2-3-17(15,16)4-6/h6H,2-4,10H2,1H3,(H2,11,14). The Balaban J connectivity index is 2.42. The molecule has 4 N–H and O–H groups in total. The second-order valence-electron chi connectivity index (χ2n) is 4.21. The minimum atomic E-state index is -3.02. The maximum atomic E-state index is 11.4. The molecular weight excluding hydrogens is 244 g/mol. The van der Waals surface area contributed by atoms with Gasteiger partial charge in [-0.05, 0) is 13.3 Å². The third kappa shape index (κ3) is 1.99. The van der Waals surface area contributed by atoms with Crippen molar-refractivity contribution in [2.75, 3.05) is 17.2 Å². The summed E-state index contributed by atoms with van der Waals surface area (Å²) in [5.74, 6) is -0.359. The van der Waals surface area contributed by atoms with Crippen LogP contribution in [-0.2, 0) is 9.84 Å². The first-order chi connectivity index (χ1) is 7.82. The van der Waals surface area contributed by atoms with Crippen molar-refractivity contribution in [2.45, 2.75) is 19.4 Å². The van der Waals surface area contributed by atoms with Crippen LogP contribution in [0, 0.1) is 6.92 Å². The number of rotatable bonds is 2. The second kappa shape index (κ2) is 3.73. The number of aryl methyl sites for hydroxylation is 1. The average molecular weight is 258 g/mol. The largest absolute Gasteiger partial charge is 0.383 e. The molecule has 1 aromatic rings. The van der Waals surface area contributed by atoms with Crippen LogP contribution in [0.1, 0.15) is 28.5 Å². The molecule has 0 radical (unpaired) electrons. The summed E-state index contributed by atoms with van der Waals surface area (Å²) in [6, 6.07) is -0.299. The molecule has 1 aromatic heterocycles. The zero-order valence-corrected chi connectivity index (χ0v) is 10.2. The highest BCUT2D eigenvalue weighted by atomic mass is 32.2. The Morgan fingerprint density at radius 2 is 2.18 bits per heavy atom. The lowest BCUT2D eigenvalue weighted by Gasteiger charge is -2.10. The highest BCUT2D eigenvalue weighted by Crippen LogP contribution is 2.28. The number of sulfone groups is 1. The van der Waals surface area contributed by atoms with Crippen molar-refractivity contribution in [1.29, 1.82) is 0 Å². The van der Waals surface area contributed by atoms with E-state index in [1.807, 2.05) is 0 Å². The summed E-state index contributed by atoms with van der Waals surface area (Å²) in [5, 5.41) is 4.11. The number of amides is 1. The van der Waals surface area contributed by atoms with E-state index in [0.717, 1.165) is 0 Å². The van der Waals surface area contributed by atoms with Gasteiger partial charge in [-0.1, -0.05) is 0 Å². The third-order valence-electron chi connectivity index (χ3n) is 2.92. The van der Waals surface area contributed by atoms with Crippen molar-refractivity contribution >= 4 is 21.6 Å². The second-order valence-corrected chi connectivity index (χ2v) is 6.44. The lowest BCUT2D eigenvalue weighted by molar-refractivity contribution is 0.100. The fourth-order valence-electron chi connectivity index (χ4n) is 2.12. The number of nitrogens with two attached hydrogens (primary N) is 2. The number of nitrogens with zero attached hydrogens (tertiary/aromatic N) is 2. The van der Waals surface area contributed by atoms with Crippen LogP contribution in [-0.4, -0.2) is 35.6 Å². The van der Waals surface area contributed by atoms with Crippen LogP contribution in [0.2, 0.25) is 0 Å². The molecule has 8 heteroatoms. The van der Waals surface area contributed by atoms with E-state index >= 15 is 0 Å². The number of anilines is 1. The lowest BCUT2D eigenvalue weighted by atomic mass is 10.2. The molecule has 0 spiro atoms. The summed E-state index contributed by atoms with van der Waals surface area (Å²) >= 11 is 0. The molecule has 0 aromatic carbocycles. The van der Waals surface area contributed by atoms with Gasteiger partial charge in [0.15, 0.2) is 9.84 Å². The third-order valence-corrected chi connectivity index (χ3v) is 4.67. The Bertz CT molecular complexity index is 575. The van der Waals surface area contributed by atoms with Gasteiger partial charge in [0, 0.05) is 0 Å². The van der Waals surface area contributed by atoms with Gasteiger partial charge in [-0.2, -0.15) is 5.10 Å². The first-order valence-electron chi connectivity index (χ1n) is 5.16. The molecule has 7 nitrogen and oxygen atoms in total. The van der Waals surface area contributed by atoms with Gasteiger partial charge in [0.25, 0.3) is 5.91 Å². The number of carbonyl (C=O) groups is 1. The normalized spacial score (nSPS) is 22.8. The molecule has 1 unspecified atom stereocenters. The maximum Gasteiger partial charge on any atom is 0.254 e. The van der Waals surface area contributed by atoms with Gasteiger partial charge in [-0.15, -0.1) is 0 Å². The molecule has 1 aliphatic rings. The Morgan fingerprint density at radius 1 is 1.53 bits per heavy atom. The minimum Gasteiger partial charge on any atom is -0.383 e. The lowest BCUT2D eigenvalue weighted by Crippen LogP contribution is -2.17. The van der Waals surface area contributed by atoms with E-state index in [0.29, 0.717) is 12.1 Å². The van der Waals surface area contributed by atoms with E-state index in [9.17, 15) is 13.2 Å². The van der Waals surface area contributed by atoms with E-state index < -0.39 is 15.7 Å². The van der Waals surface area contributed by atoms with E-state index in [4.69, 9.17) is 11.5 Å². The van der Waals surface area contributed by atoms with Crippen molar-refractivity contribution < 1.29 is 13.2 Å².